The minimum atomic E-state index is -4.58. The highest BCUT2D eigenvalue weighted by molar-refractivity contribution is 5.98. The summed E-state index contributed by atoms with van der Waals surface area (Å²) in [4.78, 5) is 13.7. The van der Waals surface area contributed by atoms with Crippen LogP contribution in [0.4, 0.5) is 24.5 Å². The van der Waals surface area contributed by atoms with Gasteiger partial charge in [0, 0.05) is 17.8 Å². The Morgan fingerprint density at radius 1 is 1.38 bits per heavy atom. The molecule has 3 nitrogen and oxygen atoms in total. The molecule has 1 aromatic rings. The third kappa shape index (κ3) is 3.37. The average molecular weight is 336 g/mol. The molecule has 1 aliphatic rings. The number of nitrogens with two attached hydrogens (primary N) is 1. The SMILES string of the molecule is C=C/C=C\C(=C)[C@H](C)N1C(=O)CCc2cc(N)c(C(F)(F)F)cc21. The third-order valence-corrected chi connectivity index (χ3v) is 4.06. The first-order chi connectivity index (χ1) is 11.2. The molecule has 1 heterocycles. The number of rotatable bonds is 4. The van der Waals surface area contributed by atoms with E-state index < -0.39 is 17.8 Å². The van der Waals surface area contributed by atoms with Gasteiger partial charge in [0.1, 0.15) is 0 Å². The van der Waals surface area contributed by atoms with Crippen molar-refractivity contribution in [3.63, 3.8) is 0 Å². The van der Waals surface area contributed by atoms with Crippen molar-refractivity contribution >= 4 is 17.3 Å². The highest BCUT2D eigenvalue weighted by Crippen LogP contribution is 2.40. The number of amides is 1. The molecule has 24 heavy (non-hydrogen) atoms. The lowest BCUT2D eigenvalue weighted by Gasteiger charge is -2.35. The van der Waals surface area contributed by atoms with Gasteiger partial charge in [-0.25, -0.2) is 0 Å². The van der Waals surface area contributed by atoms with Gasteiger partial charge in [-0.2, -0.15) is 13.2 Å². The van der Waals surface area contributed by atoms with Crippen LogP contribution in [-0.4, -0.2) is 11.9 Å². The van der Waals surface area contributed by atoms with E-state index in [1.165, 1.54) is 11.0 Å². The molecule has 0 radical (unpaired) electrons. The van der Waals surface area contributed by atoms with E-state index in [-0.39, 0.29) is 23.7 Å². The second-order valence-corrected chi connectivity index (χ2v) is 5.68. The number of nitrogens with zero attached hydrogens (tertiary/aromatic N) is 1. The quantitative estimate of drug-likeness (QED) is 0.660. The van der Waals surface area contributed by atoms with Crippen molar-refractivity contribution in [1.29, 1.82) is 0 Å². The normalized spacial score (nSPS) is 16.2. The number of hydrogen-bond acceptors (Lipinski definition) is 2. The predicted molar refractivity (Wildman–Crippen MR) is 89.6 cm³/mol. The Morgan fingerprint density at radius 2 is 2.04 bits per heavy atom. The lowest BCUT2D eigenvalue weighted by Crippen LogP contribution is -2.42. The number of hydrogen-bond donors (Lipinski definition) is 1. The maximum atomic E-state index is 13.1. The largest absolute Gasteiger partial charge is 0.418 e. The van der Waals surface area contributed by atoms with Crippen LogP contribution in [0.5, 0.6) is 0 Å². The number of anilines is 2. The summed E-state index contributed by atoms with van der Waals surface area (Å²) in [7, 11) is 0. The van der Waals surface area contributed by atoms with Crippen molar-refractivity contribution < 1.29 is 18.0 Å². The molecule has 2 rings (SSSR count). The molecule has 0 fully saturated rings. The molecular formula is C18H19F3N2O. The van der Waals surface area contributed by atoms with Crippen molar-refractivity contribution in [2.24, 2.45) is 0 Å². The van der Waals surface area contributed by atoms with Gasteiger partial charge in [-0.05, 0) is 36.6 Å². The molecule has 0 aliphatic carbocycles. The topological polar surface area (TPSA) is 46.3 Å². The molecule has 0 bridgehead atoms. The van der Waals surface area contributed by atoms with Crippen molar-refractivity contribution in [2.45, 2.75) is 32.0 Å². The van der Waals surface area contributed by atoms with E-state index in [2.05, 4.69) is 13.2 Å². The number of carbonyl (C=O) groups excluding carboxylic acids is 1. The molecule has 0 saturated carbocycles. The van der Waals surface area contributed by atoms with Gasteiger partial charge in [0.25, 0.3) is 0 Å². The zero-order valence-corrected chi connectivity index (χ0v) is 13.4. The maximum absolute atomic E-state index is 13.1. The van der Waals surface area contributed by atoms with E-state index in [4.69, 9.17) is 5.73 Å². The molecule has 0 saturated heterocycles. The maximum Gasteiger partial charge on any atom is 0.418 e. The van der Waals surface area contributed by atoms with E-state index in [1.807, 2.05) is 0 Å². The standard InChI is InChI=1S/C18H19F3N2O/c1-4-5-6-11(2)12(3)23-16-10-14(18(19,20)21)15(22)9-13(16)7-8-17(23)24/h4-6,9-10,12H,1-2,7-8,22H2,3H3/b6-5-/t12-/m0/s1. The van der Waals surface area contributed by atoms with Crippen LogP contribution in [0, 0.1) is 0 Å². The summed E-state index contributed by atoms with van der Waals surface area (Å²) in [6.45, 7) is 9.17. The van der Waals surface area contributed by atoms with Crippen molar-refractivity contribution in [3.8, 4) is 0 Å². The molecule has 1 aromatic carbocycles. The van der Waals surface area contributed by atoms with Gasteiger partial charge < -0.3 is 10.6 Å². The average Bonchev–Trinajstić information content (AvgIpc) is 2.50. The lowest BCUT2D eigenvalue weighted by molar-refractivity contribution is -0.137. The zero-order valence-electron chi connectivity index (χ0n) is 13.4. The summed E-state index contributed by atoms with van der Waals surface area (Å²) in [6.07, 6.45) is 0.926. The molecule has 0 unspecified atom stereocenters. The molecule has 1 aliphatic heterocycles. The summed E-state index contributed by atoms with van der Waals surface area (Å²) in [5, 5.41) is 0. The van der Waals surface area contributed by atoms with Gasteiger partial charge in [-0.3, -0.25) is 4.79 Å². The fraction of sp³-hybridized carbons (Fsp3) is 0.278. The van der Waals surface area contributed by atoms with Crippen LogP contribution in [0.1, 0.15) is 24.5 Å². The number of fused-ring (bicyclic) bond motifs is 1. The minimum Gasteiger partial charge on any atom is -0.398 e. The van der Waals surface area contributed by atoms with Crippen molar-refractivity contribution in [3.05, 3.63) is 60.2 Å². The summed E-state index contributed by atoms with van der Waals surface area (Å²) in [6, 6.07) is 1.80. The first-order valence-corrected chi connectivity index (χ1v) is 7.46. The van der Waals surface area contributed by atoms with Crippen molar-refractivity contribution in [2.75, 3.05) is 10.6 Å². The zero-order chi connectivity index (χ0) is 18.1. The lowest BCUT2D eigenvalue weighted by atomic mass is 9.95. The Hall–Kier alpha value is -2.50. The van der Waals surface area contributed by atoms with Crippen LogP contribution < -0.4 is 10.6 Å². The van der Waals surface area contributed by atoms with E-state index in [0.717, 1.165) is 6.07 Å². The van der Waals surface area contributed by atoms with Crippen LogP contribution >= 0.6 is 0 Å². The number of aryl methyl sites for hydroxylation is 1. The monoisotopic (exact) mass is 336 g/mol. The van der Waals surface area contributed by atoms with Gasteiger partial charge in [0.05, 0.1) is 11.6 Å². The second kappa shape index (κ2) is 6.55. The van der Waals surface area contributed by atoms with Gasteiger partial charge in [-0.1, -0.05) is 31.4 Å². The van der Waals surface area contributed by atoms with Crippen LogP contribution in [-0.2, 0) is 17.4 Å². The first kappa shape index (κ1) is 17.8. The number of benzene rings is 1. The summed E-state index contributed by atoms with van der Waals surface area (Å²) < 4.78 is 39.4. The van der Waals surface area contributed by atoms with E-state index in [0.29, 0.717) is 17.6 Å². The van der Waals surface area contributed by atoms with E-state index in [1.54, 1.807) is 25.2 Å². The molecule has 1 amide bonds. The number of allylic oxidation sites excluding steroid dienone is 2. The molecule has 0 spiro atoms. The Bertz CT molecular complexity index is 720. The fourth-order valence-electron chi connectivity index (χ4n) is 2.74. The van der Waals surface area contributed by atoms with Crippen LogP contribution in [0.3, 0.4) is 0 Å². The van der Waals surface area contributed by atoms with Gasteiger partial charge in [-0.15, -0.1) is 0 Å². The second-order valence-electron chi connectivity index (χ2n) is 5.68. The predicted octanol–water partition coefficient (Wildman–Crippen LogP) is 4.25. The van der Waals surface area contributed by atoms with Gasteiger partial charge >= 0.3 is 6.18 Å². The van der Waals surface area contributed by atoms with E-state index >= 15 is 0 Å². The molecule has 0 aromatic heterocycles. The molecule has 2 N–H and O–H groups in total. The number of nitrogen functional groups attached to an aromatic ring is 1. The first-order valence-electron chi connectivity index (χ1n) is 7.46. The summed E-state index contributed by atoms with van der Waals surface area (Å²) in [5.41, 5.74) is 5.77. The third-order valence-electron chi connectivity index (χ3n) is 4.06. The van der Waals surface area contributed by atoms with Crippen LogP contribution in [0.25, 0.3) is 0 Å². The van der Waals surface area contributed by atoms with E-state index in [9.17, 15) is 18.0 Å². The fourth-order valence-corrected chi connectivity index (χ4v) is 2.74. The molecular weight excluding hydrogens is 317 g/mol. The Morgan fingerprint density at radius 3 is 2.62 bits per heavy atom. The Kier molecular flexibility index (Phi) is 4.87. The molecule has 1 atom stereocenters. The Balaban J connectivity index is 2.53. The Labute approximate surface area is 138 Å². The highest BCUT2D eigenvalue weighted by Gasteiger charge is 2.37. The van der Waals surface area contributed by atoms with Crippen molar-refractivity contribution in [1.82, 2.24) is 0 Å². The highest BCUT2D eigenvalue weighted by atomic mass is 19.4. The van der Waals surface area contributed by atoms with Gasteiger partial charge in [0.15, 0.2) is 0 Å². The minimum absolute atomic E-state index is 0.223. The number of carbonyl (C=O) groups is 1. The van der Waals surface area contributed by atoms with Crippen LogP contribution in [0.15, 0.2) is 49.1 Å². The molecule has 128 valence electrons. The summed E-state index contributed by atoms with van der Waals surface area (Å²) in [5.74, 6) is -0.235. The van der Waals surface area contributed by atoms with Crippen LogP contribution in [0.2, 0.25) is 0 Å². The number of alkyl halides is 3. The van der Waals surface area contributed by atoms with Gasteiger partial charge in [0.2, 0.25) is 5.91 Å². The number of halogens is 3. The molecule has 6 heteroatoms. The smallest absolute Gasteiger partial charge is 0.398 e. The summed E-state index contributed by atoms with van der Waals surface area (Å²) >= 11 is 0.